The van der Waals surface area contributed by atoms with Gasteiger partial charge >= 0.3 is 5.97 Å². The number of nitrogens with one attached hydrogen (secondary N) is 1. The highest BCUT2D eigenvalue weighted by Gasteiger charge is 2.12. The molecular formula is C16H12N6O3S. The first-order valence-corrected chi connectivity index (χ1v) is 8.34. The largest absolute Gasteiger partial charge is 0.454 e. The minimum Gasteiger partial charge on any atom is -0.454 e. The van der Waals surface area contributed by atoms with Crippen molar-refractivity contribution in [3.05, 3.63) is 46.7 Å². The van der Waals surface area contributed by atoms with Crippen LogP contribution < -0.4 is 5.32 Å². The molecule has 3 aromatic rings. The van der Waals surface area contributed by atoms with Gasteiger partial charge in [0.1, 0.15) is 0 Å². The summed E-state index contributed by atoms with van der Waals surface area (Å²) in [6, 6.07) is 10.1. The third kappa shape index (κ3) is 4.49. The number of nitriles is 1. The second kappa shape index (κ2) is 8.00. The summed E-state index contributed by atoms with van der Waals surface area (Å²) in [5, 5.41) is 26.7. The molecule has 130 valence electrons. The molecule has 0 radical (unpaired) electrons. The van der Waals surface area contributed by atoms with Crippen LogP contribution in [0.2, 0.25) is 0 Å². The predicted molar refractivity (Wildman–Crippen MR) is 91.9 cm³/mol. The molecule has 1 amide bonds. The quantitative estimate of drug-likeness (QED) is 0.653. The van der Waals surface area contributed by atoms with Crippen LogP contribution in [-0.4, -0.2) is 38.7 Å². The van der Waals surface area contributed by atoms with Crippen LogP contribution in [0.4, 0.5) is 5.69 Å². The smallest absolute Gasteiger partial charge is 0.330 e. The molecule has 0 aliphatic heterocycles. The maximum absolute atomic E-state index is 11.8. The summed E-state index contributed by atoms with van der Waals surface area (Å²) in [5.74, 6) is -0.736. The van der Waals surface area contributed by atoms with Gasteiger partial charge in [0.15, 0.2) is 13.2 Å². The Morgan fingerprint density at radius 1 is 1.27 bits per heavy atom. The number of hydrogen-bond donors (Lipinski definition) is 1. The minimum atomic E-state index is -0.658. The Bertz CT molecular complexity index is 943. The van der Waals surface area contributed by atoms with Crippen molar-refractivity contribution >= 4 is 28.9 Å². The number of esters is 1. The molecule has 0 saturated carbocycles. The average Bonchev–Trinajstić information content (AvgIpc) is 3.32. The van der Waals surface area contributed by atoms with E-state index in [9.17, 15) is 9.59 Å². The zero-order valence-electron chi connectivity index (χ0n) is 13.3. The van der Waals surface area contributed by atoms with E-state index < -0.39 is 18.5 Å². The summed E-state index contributed by atoms with van der Waals surface area (Å²) in [6.07, 6.45) is 0. The SMILES string of the molecule is N#Cc1ccc(NC(=O)COC(=O)Cn2nnc(-c3ccsc3)n2)cc1. The number of nitrogens with zero attached hydrogens (tertiary/aromatic N) is 5. The number of carbonyl (C=O) groups is 2. The van der Waals surface area contributed by atoms with Gasteiger partial charge in [0.05, 0.1) is 11.6 Å². The maximum Gasteiger partial charge on any atom is 0.330 e. The normalized spacial score (nSPS) is 10.1. The van der Waals surface area contributed by atoms with E-state index in [-0.39, 0.29) is 6.54 Å². The highest BCUT2D eigenvalue weighted by atomic mass is 32.1. The van der Waals surface area contributed by atoms with Crippen molar-refractivity contribution in [1.29, 1.82) is 5.26 Å². The zero-order chi connectivity index (χ0) is 18.4. The lowest BCUT2D eigenvalue weighted by molar-refractivity contribution is -0.148. The van der Waals surface area contributed by atoms with Crippen LogP contribution in [-0.2, 0) is 20.9 Å². The van der Waals surface area contributed by atoms with Crippen LogP contribution >= 0.6 is 11.3 Å². The lowest BCUT2D eigenvalue weighted by Crippen LogP contribution is -2.23. The van der Waals surface area contributed by atoms with Gasteiger partial charge in [0.2, 0.25) is 5.82 Å². The van der Waals surface area contributed by atoms with E-state index in [1.54, 1.807) is 24.3 Å². The van der Waals surface area contributed by atoms with Crippen molar-refractivity contribution in [1.82, 2.24) is 20.2 Å². The van der Waals surface area contributed by atoms with E-state index in [2.05, 4.69) is 20.7 Å². The van der Waals surface area contributed by atoms with Crippen molar-refractivity contribution in [3.63, 3.8) is 0 Å². The van der Waals surface area contributed by atoms with Crippen molar-refractivity contribution < 1.29 is 14.3 Å². The Morgan fingerprint density at radius 2 is 2.08 bits per heavy atom. The molecule has 2 aromatic heterocycles. The fourth-order valence-electron chi connectivity index (χ4n) is 1.95. The molecule has 0 atom stereocenters. The summed E-state index contributed by atoms with van der Waals surface area (Å²) in [7, 11) is 0. The molecule has 1 N–H and O–H groups in total. The van der Waals surface area contributed by atoms with Crippen molar-refractivity contribution in [2.45, 2.75) is 6.54 Å². The first-order valence-electron chi connectivity index (χ1n) is 7.40. The fraction of sp³-hybridized carbons (Fsp3) is 0.125. The van der Waals surface area contributed by atoms with Gasteiger partial charge in [0, 0.05) is 16.6 Å². The summed E-state index contributed by atoms with van der Waals surface area (Å²) in [5.41, 5.74) is 1.80. The van der Waals surface area contributed by atoms with E-state index >= 15 is 0 Å². The molecule has 1 aromatic carbocycles. The Labute approximate surface area is 151 Å². The number of tetrazole rings is 1. The van der Waals surface area contributed by atoms with Crippen LogP contribution in [0.15, 0.2) is 41.1 Å². The number of benzene rings is 1. The van der Waals surface area contributed by atoms with Gasteiger partial charge in [-0.3, -0.25) is 4.79 Å². The Kier molecular flexibility index (Phi) is 5.31. The first-order chi connectivity index (χ1) is 12.6. The lowest BCUT2D eigenvalue weighted by Gasteiger charge is -2.06. The van der Waals surface area contributed by atoms with Gasteiger partial charge in [-0.25, -0.2) is 4.79 Å². The van der Waals surface area contributed by atoms with Crippen LogP contribution in [0, 0.1) is 11.3 Å². The summed E-state index contributed by atoms with van der Waals surface area (Å²) >= 11 is 1.50. The third-order valence-corrected chi connectivity index (χ3v) is 3.85. The molecule has 3 rings (SSSR count). The molecule has 0 spiro atoms. The fourth-order valence-corrected chi connectivity index (χ4v) is 2.58. The molecule has 0 saturated heterocycles. The number of carbonyl (C=O) groups excluding carboxylic acids is 2. The van der Waals surface area contributed by atoms with Crippen molar-refractivity contribution in [2.75, 3.05) is 11.9 Å². The molecular weight excluding hydrogens is 356 g/mol. The molecule has 0 aliphatic rings. The van der Waals surface area contributed by atoms with Gasteiger partial charge < -0.3 is 10.1 Å². The molecule has 0 unspecified atom stereocenters. The number of thiophene rings is 1. The topological polar surface area (TPSA) is 123 Å². The molecule has 0 bridgehead atoms. The number of aromatic nitrogens is 4. The number of hydrogen-bond acceptors (Lipinski definition) is 8. The van der Waals surface area contributed by atoms with Crippen LogP contribution in [0.25, 0.3) is 11.4 Å². The van der Waals surface area contributed by atoms with E-state index in [1.165, 1.54) is 11.3 Å². The zero-order valence-corrected chi connectivity index (χ0v) is 14.1. The number of ether oxygens (including phenoxy) is 1. The van der Waals surface area contributed by atoms with Gasteiger partial charge in [-0.2, -0.15) is 21.4 Å². The van der Waals surface area contributed by atoms with E-state index in [0.717, 1.165) is 10.4 Å². The third-order valence-electron chi connectivity index (χ3n) is 3.16. The first kappa shape index (κ1) is 17.2. The van der Waals surface area contributed by atoms with Crippen molar-refractivity contribution in [3.8, 4) is 17.5 Å². The molecule has 0 aliphatic carbocycles. The van der Waals surface area contributed by atoms with Crippen LogP contribution in [0.5, 0.6) is 0 Å². The summed E-state index contributed by atoms with van der Waals surface area (Å²) < 4.78 is 4.89. The second-order valence-electron chi connectivity index (χ2n) is 5.05. The highest BCUT2D eigenvalue weighted by molar-refractivity contribution is 7.08. The number of rotatable bonds is 6. The standard InChI is InChI=1S/C16H12N6O3S/c17-7-11-1-3-13(4-2-11)18-14(23)9-25-15(24)8-22-20-16(19-21-22)12-5-6-26-10-12/h1-6,10H,8-9H2,(H,18,23). The monoisotopic (exact) mass is 368 g/mol. The van der Waals surface area contributed by atoms with Crippen molar-refractivity contribution in [2.24, 2.45) is 0 Å². The number of amides is 1. The molecule has 2 heterocycles. The molecule has 10 heteroatoms. The van der Waals surface area contributed by atoms with Gasteiger partial charge in [-0.15, -0.1) is 10.2 Å². The number of anilines is 1. The van der Waals surface area contributed by atoms with Gasteiger partial charge in [-0.05, 0) is 40.9 Å². The Morgan fingerprint density at radius 3 is 2.77 bits per heavy atom. The second-order valence-corrected chi connectivity index (χ2v) is 5.83. The summed E-state index contributed by atoms with van der Waals surface area (Å²) in [4.78, 5) is 24.7. The summed E-state index contributed by atoms with van der Waals surface area (Å²) in [6.45, 7) is -0.688. The predicted octanol–water partition coefficient (Wildman–Crippen LogP) is 1.46. The van der Waals surface area contributed by atoms with Crippen LogP contribution in [0.1, 0.15) is 5.56 Å². The molecule has 26 heavy (non-hydrogen) atoms. The molecule has 9 nitrogen and oxygen atoms in total. The van der Waals surface area contributed by atoms with Gasteiger partial charge in [0.25, 0.3) is 5.91 Å². The van der Waals surface area contributed by atoms with Gasteiger partial charge in [-0.1, -0.05) is 0 Å². The Balaban J connectivity index is 1.46. The van der Waals surface area contributed by atoms with E-state index in [0.29, 0.717) is 17.1 Å². The molecule has 0 fully saturated rings. The average molecular weight is 368 g/mol. The maximum atomic E-state index is 11.8. The Hall–Kier alpha value is -3.58. The highest BCUT2D eigenvalue weighted by Crippen LogP contribution is 2.16. The lowest BCUT2D eigenvalue weighted by atomic mass is 10.2. The van der Waals surface area contributed by atoms with E-state index in [1.807, 2.05) is 22.9 Å². The van der Waals surface area contributed by atoms with Crippen LogP contribution in [0.3, 0.4) is 0 Å². The minimum absolute atomic E-state index is 0.249. The van der Waals surface area contributed by atoms with E-state index in [4.69, 9.17) is 10.00 Å².